The Hall–Kier alpha value is -1.00. The molecule has 0 aliphatic carbocycles. The third-order valence-electron chi connectivity index (χ3n) is 4.27. The maximum Gasteiger partial charge on any atom is 0.270 e. The summed E-state index contributed by atoms with van der Waals surface area (Å²) >= 11 is 6.05. The third-order valence-corrected chi connectivity index (χ3v) is 4.47. The molecule has 0 spiro atoms. The van der Waals surface area contributed by atoms with Crippen LogP contribution in [0.4, 0.5) is 0 Å². The van der Waals surface area contributed by atoms with E-state index in [-0.39, 0.29) is 11.9 Å². The van der Waals surface area contributed by atoms with Gasteiger partial charge in [-0.25, -0.2) is 0 Å². The van der Waals surface area contributed by atoms with Gasteiger partial charge in [-0.2, -0.15) is 0 Å². The number of carbonyl (C=O) groups excluding carboxylic acids is 1. The highest BCUT2D eigenvalue weighted by Gasteiger charge is 2.38. The summed E-state index contributed by atoms with van der Waals surface area (Å²) in [5, 5.41) is 4.03. The number of hydrogen-bond acceptors (Lipinski definition) is 2. The van der Waals surface area contributed by atoms with Crippen LogP contribution in [0.3, 0.4) is 0 Å². The van der Waals surface area contributed by atoms with Crippen molar-refractivity contribution in [3.8, 4) is 0 Å². The molecular formula is C14H20ClN3O. The summed E-state index contributed by atoms with van der Waals surface area (Å²) < 4.78 is 1.97. The van der Waals surface area contributed by atoms with E-state index in [1.54, 1.807) is 6.07 Å². The van der Waals surface area contributed by atoms with Crippen LogP contribution in [0.25, 0.3) is 0 Å². The van der Waals surface area contributed by atoms with Gasteiger partial charge < -0.3 is 14.8 Å². The number of nitrogens with one attached hydrogen (secondary N) is 1. The Labute approximate surface area is 118 Å². The largest absolute Gasteiger partial charge is 0.339 e. The topological polar surface area (TPSA) is 37.3 Å². The second-order valence-corrected chi connectivity index (χ2v) is 6.37. The van der Waals surface area contributed by atoms with E-state index in [0.717, 1.165) is 26.2 Å². The van der Waals surface area contributed by atoms with E-state index in [1.807, 2.05) is 15.7 Å². The van der Waals surface area contributed by atoms with Gasteiger partial charge in [0.15, 0.2) is 0 Å². The Morgan fingerprint density at radius 2 is 2.00 bits per heavy atom. The molecule has 0 bridgehead atoms. The van der Waals surface area contributed by atoms with Crippen molar-refractivity contribution in [2.45, 2.75) is 19.9 Å². The molecule has 2 aliphatic heterocycles. The number of amides is 1. The van der Waals surface area contributed by atoms with Crippen LogP contribution in [0.5, 0.6) is 0 Å². The molecule has 2 fully saturated rings. The van der Waals surface area contributed by atoms with Crippen molar-refractivity contribution in [1.29, 1.82) is 0 Å². The first-order valence-electron chi connectivity index (χ1n) is 6.93. The van der Waals surface area contributed by atoms with Gasteiger partial charge in [-0.15, -0.1) is 0 Å². The molecule has 0 aromatic carbocycles. The molecule has 1 aromatic heterocycles. The summed E-state index contributed by atoms with van der Waals surface area (Å²) in [5.41, 5.74) is 0.716. The van der Waals surface area contributed by atoms with Crippen molar-refractivity contribution in [3.05, 3.63) is 23.0 Å². The standard InChI is InChI=1S/C14H20ClN3O/c1-9(2)18-8-12(15)3-13(18)14(19)17-6-10-4-16-5-11(10)7-17/h3,8-11,16H,4-7H2,1-2H3/t10-,11+. The van der Waals surface area contributed by atoms with Gasteiger partial charge in [0.2, 0.25) is 0 Å². The third kappa shape index (κ3) is 2.28. The highest BCUT2D eigenvalue weighted by molar-refractivity contribution is 6.31. The van der Waals surface area contributed by atoms with Crippen LogP contribution in [0.15, 0.2) is 12.3 Å². The van der Waals surface area contributed by atoms with Gasteiger partial charge in [0, 0.05) is 38.4 Å². The van der Waals surface area contributed by atoms with Crippen LogP contribution in [-0.4, -0.2) is 41.6 Å². The molecular weight excluding hydrogens is 262 g/mol. The monoisotopic (exact) mass is 281 g/mol. The maximum atomic E-state index is 12.6. The van der Waals surface area contributed by atoms with E-state index >= 15 is 0 Å². The predicted octanol–water partition coefficient (Wildman–Crippen LogP) is 2.01. The summed E-state index contributed by atoms with van der Waals surface area (Å²) in [4.78, 5) is 14.6. The van der Waals surface area contributed by atoms with Crippen LogP contribution in [0, 0.1) is 11.8 Å². The Balaban J connectivity index is 1.81. The Kier molecular flexibility index (Phi) is 3.31. The normalized spacial score (nSPS) is 26.2. The SMILES string of the molecule is CC(C)n1cc(Cl)cc1C(=O)N1C[C@H]2CNC[C@H]2C1. The van der Waals surface area contributed by atoms with E-state index in [9.17, 15) is 4.79 Å². The fourth-order valence-electron chi connectivity index (χ4n) is 3.23. The van der Waals surface area contributed by atoms with Gasteiger partial charge in [-0.05, 0) is 31.7 Å². The van der Waals surface area contributed by atoms with Crippen LogP contribution in [-0.2, 0) is 0 Å². The first-order valence-corrected chi connectivity index (χ1v) is 7.31. The highest BCUT2D eigenvalue weighted by atomic mass is 35.5. The molecule has 1 aromatic rings. The maximum absolute atomic E-state index is 12.6. The van der Waals surface area contributed by atoms with E-state index in [4.69, 9.17) is 11.6 Å². The zero-order valence-corrected chi connectivity index (χ0v) is 12.2. The minimum atomic E-state index is 0.120. The summed E-state index contributed by atoms with van der Waals surface area (Å²) in [6, 6.07) is 2.03. The van der Waals surface area contributed by atoms with E-state index in [0.29, 0.717) is 22.6 Å². The molecule has 104 valence electrons. The molecule has 3 heterocycles. The minimum absolute atomic E-state index is 0.120. The summed E-state index contributed by atoms with van der Waals surface area (Å²) in [5.74, 6) is 1.37. The molecule has 4 nitrogen and oxygen atoms in total. The van der Waals surface area contributed by atoms with Crippen LogP contribution >= 0.6 is 11.6 Å². The Morgan fingerprint density at radius 3 is 2.58 bits per heavy atom. The smallest absolute Gasteiger partial charge is 0.270 e. The molecule has 5 heteroatoms. The van der Waals surface area contributed by atoms with Crippen LogP contribution in [0.2, 0.25) is 5.02 Å². The number of aromatic nitrogens is 1. The number of halogens is 1. The van der Waals surface area contributed by atoms with E-state index in [1.165, 1.54) is 0 Å². The number of nitrogens with zero attached hydrogens (tertiary/aromatic N) is 2. The molecule has 1 amide bonds. The van der Waals surface area contributed by atoms with E-state index in [2.05, 4.69) is 19.2 Å². The van der Waals surface area contributed by atoms with Crippen LogP contribution < -0.4 is 5.32 Å². The van der Waals surface area contributed by atoms with Crippen molar-refractivity contribution in [2.75, 3.05) is 26.2 Å². The van der Waals surface area contributed by atoms with Gasteiger partial charge in [0.25, 0.3) is 5.91 Å². The van der Waals surface area contributed by atoms with Gasteiger partial charge >= 0.3 is 0 Å². The lowest BCUT2D eigenvalue weighted by Gasteiger charge is -2.20. The average Bonchev–Trinajstić information content (AvgIpc) is 2.99. The number of likely N-dealkylation sites (tertiary alicyclic amines) is 1. The number of carbonyl (C=O) groups is 1. The van der Waals surface area contributed by atoms with Gasteiger partial charge in [-0.1, -0.05) is 11.6 Å². The first kappa shape index (κ1) is 13.0. The van der Waals surface area contributed by atoms with Crippen molar-refractivity contribution >= 4 is 17.5 Å². The second-order valence-electron chi connectivity index (χ2n) is 5.93. The van der Waals surface area contributed by atoms with Gasteiger partial charge in [0.1, 0.15) is 5.69 Å². The molecule has 3 rings (SSSR count). The zero-order chi connectivity index (χ0) is 13.6. The predicted molar refractivity (Wildman–Crippen MR) is 75.6 cm³/mol. The molecule has 1 N–H and O–H groups in total. The average molecular weight is 282 g/mol. The molecule has 19 heavy (non-hydrogen) atoms. The molecule has 0 saturated carbocycles. The van der Waals surface area contributed by atoms with Crippen molar-refractivity contribution < 1.29 is 4.79 Å². The van der Waals surface area contributed by atoms with E-state index < -0.39 is 0 Å². The fraction of sp³-hybridized carbons (Fsp3) is 0.643. The van der Waals surface area contributed by atoms with Gasteiger partial charge in [-0.3, -0.25) is 4.79 Å². The van der Waals surface area contributed by atoms with Crippen molar-refractivity contribution in [2.24, 2.45) is 11.8 Å². The lowest BCUT2D eigenvalue weighted by atomic mass is 10.0. The van der Waals surface area contributed by atoms with Crippen LogP contribution in [0.1, 0.15) is 30.4 Å². The molecule has 2 aliphatic rings. The number of fused-ring (bicyclic) bond motifs is 1. The summed E-state index contributed by atoms with van der Waals surface area (Å²) in [7, 11) is 0. The molecule has 2 atom stereocenters. The zero-order valence-electron chi connectivity index (χ0n) is 11.4. The Bertz CT molecular complexity index is 485. The molecule has 2 saturated heterocycles. The van der Waals surface area contributed by atoms with Gasteiger partial charge in [0.05, 0.1) is 5.02 Å². The second kappa shape index (κ2) is 4.84. The number of hydrogen-bond donors (Lipinski definition) is 1. The lowest BCUT2D eigenvalue weighted by Crippen LogP contribution is -2.33. The lowest BCUT2D eigenvalue weighted by molar-refractivity contribution is 0.0769. The Morgan fingerprint density at radius 1 is 1.37 bits per heavy atom. The minimum Gasteiger partial charge on any atom is -0.339 e. The fourth-order valence-corrected chi connectivity index (χ4v) is 3.44. The highest BCUT2D eigenvalue weighted by Crippen LogP contribution is 2.28. The summed E-state index contributed by atoms with van der Waals surface area (Å²) in [6.07, 6.45) is 1.85. The molecule has 0 radical (unpaired) electrons. The quantitative estimate of drug-likeness (QED) is 0.900. The first-order chi connectivity index (χ1) is 9.06. The van der Waals surface area contributed by atoms with Crippen molar-refractivity contribution in [1.82, 2.24) is 14.8 Å². The summed E-state index contributed by atoms with van der Waals surface area (Å²) in [6.45, 7) is 7.96. The molecule has 0 unspecified atom stereocenters. The number of rotatable bonds is 2. The van der Waals surface area contributed by atoms with Crippen molar-refractivity contribution in [3.63, 3.8) is 0 Å².